The van der Waals surface area contributed by atoms with E-state index in [1.807, 2.05) is 53.9 Å². The monoisotopic (exact) mass is 265 g/mol. The molecular weight excluding hydrogens is 250 g/mol. The largest absolute Gasteiger partial charge is 0.324 e. The first-order valence-electron chi connectivity index (χ1n) is 5.60. The lowest BCUT2D eigenvalue weighted by Gasteiger charge is -2.18. The van der Waals surface area contributed by atoms with Crippen molar-refractivity contribution in [2.45, 2.75) is 13.3 Å². The van der Waals surface area contributed by atoms with Gasteiger partial charge in [0, 0.05) is 6.92 Å². The minimum atomic E-state index is -0.0110. The number of hydrogen-bond acceptors (Lipinski definition) is 3. The lowest BCUT2D eigenvalue weighted by atomic mass is 10.2. The molecular formula is C13H15NOS2. The highest BCUT2D eigenvalue weighted by molar-refractivity contribution is 8.23. The second-order valence-corrected chi connectivity index (χ2v) is 6.23. The second-order valence-electron chi connectivity index (χ2n) is 3.76. The highest BCUT2D eigenvalue weighted by Gasteiger charge is 2.15. The van der Waals surface area contributed by atoms with Gasteiger partial charge in [0.05, 0.1) is 9.93 Å². The fourth-order valence-corrected chi connectivity index (χ4v) is 4.19. The molecule has 90 valence electrons. The molecule has 1 fully saturated rings. The van der Waals surface area contributed by atoms with E-state index in [1.54, 1.807) is 6.92 Å². The zero-order valence-electron chi connectivity index (χ0n) is 9.73. The number of carbonyl (C=O) groups is 1. The molecule has 0 aromatic heterocycles. The summed E-state index contributed by atoms with van der Waals surface area (Å²) in [4.78, 5) is 11.3. The van der Waals surface area contributed by atoms with Gasteiger partial charge in [0.15, 0.2) is 0 Å². The topological polar surface area (TPSA) is 29.1 Å². The van der Waals surface area contributed by atoms with Crippen molar-refractivity contribution in [1.82, 2.24) is 5.32 Å². The standard InChI is InChI=1S/C13H15NOS2/c1-10(15)14-12(11-6-3-2-4-7-11)13-16-8-5-9-17-13/h2-4,6-7H,5,8-9H2,1H3,(H,14,15). The minimum Gasteiger partial charge on any atom is -0.324 e. The highest BCUT2D eigenvalue weighted by Crippen LogP contribution is 2.39. The van der Waals surface area contributed by atoms with Crippen molar-refractivity contribution in [3.63, 3.8) is 0 Å². The van der Waals surface area contributed by atoms with E-state index in [0.717, 1.165) is 22.8 Å². The van der Waals surface area contributed by atoms with Crippen molar-refractivity contribution >= 4 is 35.1 Å². The van der Waals surface area contributed by atoms with Gasteiger partial charge in [-0.15, -0.1) is 23.5 Å². The molecule has 1 saturated heterocycles. The number of benzene rings is 1. The maximum absolute atomic E-state index is 11.3. The Labute approximate surface area is 110 Å². The van der Waals surface area contributed by atoms with Gasteiger partial charge in [-0.1, -0.05) is 30.3 Å². The third-order valence-electron chi connectivity index (χ3n) is 2.32. The Balaban J connectivity index is 2.33. The molecule has 4 heteroatoms. The van der Waals surface area contributed by atoms with E-state index < -0.39 is 0 Å². The number of carbonyl (C=O) groups excluding carboxylic acids is 1. The Morgan fingerprint density at radius 3 is 2.41 bits per heavy atom. The van der Waals surface area contributed by atoms with Crippen molar-refractivity contribution < 1.29 is 4.79 Å². The fourth-order valence-electron chi connectivity index (χ4n) is 1.60. The van der Waals surface area contributed by atoms with Crippen LogP contribution in [0.5, 0.6) is 0 Å². The summed E-state index contributed by atoms with van der Waals surface area (Å²) in [6.45, 7) is 1.56. The van der Waals surface area contributed by atoms with Gasteiger partial charge in [0.25, 0.3) is 0 Å². The SMILES string of the molecule is CC(=O)NC(=C1SCCCS1)c1ccccc1. The zero-order valence-corrected chi connectivity index (χ0v) is 11.4. The van der Waals surface area contributed by atoms with Gasteiger partial charge in [-0.3, -0.25) is 4.79 Å². The summed E-state index contributed by atoms with van der Waals surface area (Å²) in [5.41, 5.74) is 2.05. The van der Waals surface area contributed by atoms with Crippen molar-refractivity contribution in [2.24, 2.45) is 0 Å². The molecule has 0 radical (unpaired) electrons. The molecule has 0 unspecified atom stereocenters. The number of thioether (sulfide) groups is 2. The summed E-state index contributed by atoms with van der Waals surface area (Å²) in [7, 11) is 0. The number of rotatable bonds is 2. The van der Waals surface area contributed by atoms with E-state index in [2.05, 4.69) is 5.32 Å². The van der Waals surface area contributed by atoms with Gasteiger partial charge < -0.3 is 5.32 Å². The molecule has 17 heavy (non-hydrogen) atoms. The molecule has 1 aliphatic rings. The highest BCUT2D eigenvalue weighted by atomic mass is 32.2. The normalized spacial score (nSPS) is 15.5. The number of amides is 1. The van der Waals surface area contributed by atoms with Crippen LogP contribution in [0, 0.1) is 0 Å². The molecule has 1 amide bonds. The van der Waals surface area contributed by atoms with Crippen molar-refractivity contribution in [2.75, 3.05) is 11.5 Å². The Morgan fingerprint density at radius 1 is 1.18 bits per heavy atom. The summed E-state index contributed by atoms with van der Waals surface area (Å²) in [5, 5.41) is 2.96. The summed E-state index contributed by atoms with van der Waals surface area (Å²) < 4.78 is 1.23. The second kappa shape index (κ2) is 6.17. The van der Waals surface area contributed by atoms with Gasteiger partial charge in [0.2, 0.25) is 5.91 Å². The Kier molecular flexibility index (Phi) is 4.57. The van der Waals surface area contributed by atoms with Crippen LogP contribution in [0.3, 0.4) is 0 Å². The number of nitrogens with one attached hydrogen (secondary N) is 1. The van der Waals surface area contributed by atoms with E-state index in [0.29, 0.717) is 0 Å². The summed E-state index contributed by atoms with van der Waals surface area (Å²) >= 11 is 3.67. The van der Waals surface area contributed by atoms with Crippen LogP contribution in [0.4, 0.5) is 0 Å². The molecule has 1 aromatic rings. The third kappa shape index (κ3) is 3.54. The minimum absolute atomic E-state index is 0.0110. The van der Waals surface area contributed by atoms with E-state index in [9.17, 15) is 4.79 Å². The average molecular weight is 265 g/mol. The van der Waals surface area contributed by atoms with Gasteiger partial charge in [-0.05, 0) is 23.5 Å². The molecule has 2 nitrogen and oxygen atoms in total. The lowest BCUT2D eigenvalue weighted by Crippen LogP contribution is -2.19. The lowest BCUT2D eigenvalue weighted by molar-refractivity contribution is -0.117. The van der Waals surface area contributed by atoms with Crippen LogP contribution >= 0.6 is 23.5 Å². The Bertz CT molecular complexity index is 420. The van der Waals surface area contributed by atoms with Crippen molar-refractivity contribution in [3.8, 4) is 0 Å². The maximum atomic E-state index is 11.3. The van der Waals surface area contributed by atoms with Crippen LogP contribution in [0.2, 0.25) is 0 Å². The van der Waals surface area contributed by atoms with Crippen LogP contribution in [0.1, 0.15) is 18.9 Å². The molecule has 1 aromatic carbocycles. The first-order chi connectivity index (χ1) is 8.27. The van der Waals surface area contributed by atoms with Gasteiger partial charge in [-0.2, -0.15) is 0 Å². The Morgan fingerprint density at radius 2 is 1.82 bits per heavy atom. The maximum Gasteiger partial charge on any atom is 0.221 e. The fraction of sp³-hybridized carbons (Fsp3) is 0.308. The van der Waals surface area contributed by atoms with Gasteiger partial charge in [0.1, 0.15) is 0 Å². The van der Waals surface area contributed by atoms with E-state index in [-0.39, 0.29) is 5.91 Å². The molecule has 0 bridgehead atoms. The summed E-state index contributed by atoms with van der Waals surface area (Å²) in [6.07, 6.45) is 1.24. The molecule has 0 spiro atoms. The smallest absolute Gasteiger partial charge is 0.221 e. The first kappa shape index (κ1) is 12.6. The van der Waals surface area contributed by atoms with Crippen molar-refractivity contribution in [3.05, 3.63) is 40.1 Å². The Hall–Kier alpha value is -0.870. The quantitative estimate of drug-likeness (QED) is 0.889. The molecule has 0 aliphatic carbocycles. The predicted molar refractivity (Wildman–Crippen MR) is 76.7 cm³/mol. The molecule has 0 saturated carbocycles. The summed E-state index contributed by atoms with van der Waals surface area (Å²) in [5.74, 6) is 2.26. The van der Waals surface area contributed by atoms with Crippen LogP contribution in [-0.4, -0.2) is 17.4 Å². The molecule has 2 rings (SSSR count). The average Bonchev–Trinajstić information content (AvgIpc) is 2.38. The van der Waals surface area contributed by atoms with Crippen molar-refractivity contribution in [1.29, 1.82) is 0 Å². The molecule has 0 atom stereocenters. The number of hydrogen-bond donors (Lipinski definition) is 1. The summed E-state index contributed by atoms with van der Waals surface area (Å²) in [6, 6.07) is 10.1. The zero-order chi connectivity index (χ0) is 12.1. The van der Waals surface area contributed by atoms with Gasteiger partial charge >= 0.3 is 0 Å². The molecule has 1 aliphatic heterocycles. The van der Waals surface area contributed by atoms with Gasteiger partial charge in [-0.25, -0.2) is 0 Å². The first-order valence-corrected chi connectivity index (χ1v) is 7.57. The molecule has 1 N–H and O–H groups in total. The van der Waals surface area contributed by atoms with Crippen LogP contribution < -0.4 is 5.32 Å². The van der Waals surface area contributed by atoms with E-state index >= 15 is 0 Å². The molecule has 1 heterocycles. The predicted octanol–water partition coefficient (Wildman–Crippen LogP) is 3.32. The van der Waals surface area contributed by atoms with Crippen LogP contribution in [0.25, 0.3) is 5.70 Å². The van der Waals surface area contributed by atoms with Crippen LogP contribution in [-0.2, 0) is 4.79 Å². The van der Waals surface area contributed by atoms with Crippen LogP contribution in [0.15, 0.2) is 34.6 Å². The third-order valence-corrected chi connectivity index (χ3v) is 4.95. The van der Waals surface area contributed by atoms with E-state index in [4.69, 9.17) is 0 Å². The van der Waals surface area contributed by atoms with E-state index in [1.165, 1.54) is 10.7 Å².